The summed E-state index contributed by atoms with van der Waals surface area (Å²) in [7, 11) is 1.97. The van der Waals surface area contributed by atoms with Crippen LogP contribution < -0.4 is 10.1 Å². The fourth-order valence-corrected chi connectivity index (χ4v) is 2.64. The van der Waals surface area contributed by atoms with E-state index in [9.17, 15) is 0 Å². The number of aromatic nitrogens is 1. The van der Waals surface area contributed by atoms with Crippen molar-refractivity contribution in [3.05, 3.63) is 24.0 Å². The van der Waals surface area contributed by atoms with Crippen molar-refractivity contribution in [2.75, 3.05) is 13.7 Å². The van der Waals surface area contributed by atoms with E-state index in [4.69, 9.17) is 4.74 Å². The SMILES string of the molecule is CCC(NC)c1ccc(OCC2CCCC2)cn1. The van der Waals surface area contributed by atoms with E-state index >= 15 is 0 Å². The van der Waals surface area contributed by atoms with Crippen LogP contribution in [0.4, 0.5) is 0 Å². The monoisotopic (exact) mass is 248 g/mol. The van der Waals surface area contributed by atoms with Crippen LogP contribution in [-0.2, 0) is 0 Å². The first kappa shape index (κ1) is 13.3. The van der Waals surface area contributed by atoms with Crippen LogP contribution >= 0.6 is 0 Å². The maximum atomic E-state index is 5.81. The first-order valence-electron chi connectivity index (χ1n) is 7.09. The third-order valence-electron chi connectivity index (χ3n) is 3.83. The molecule has 0 aliphatic heterocycles. The van der Waals surface area contributed by atoms with Crippen LogP contribution in [0.2, 0.25) is 0 Å². The zero-order chi connectivity index (χ0) is 12.8. The van der Waals surface area contributed by atoms with Gasteiger partial charge in [0.2, 0.25) is 0 Å². The molecule has 1 saturated carbocycles. The van der Waals surface area contributed by atoms with E-state index in [0.29, 0.717) is 6.04 Å². The Labute approximate surface area is 110 Å². The van der Waals surface area contributed by atoms with Crippen LogP contribution in [0, 0.1) is 5.92 Å². The third kappa shape index (κ3) is 3.45. The molecule has 0 bridgehead atoms. The number of nitrogens with one attached hydrogen (secondary N) is 1. The number of rotatable bonds is 6. The molecule has 1 fully saturated rings. The van der Waals surface area contributed by atoms with Gasteiger partial charge in [0.1, 0.15) is 5.75 Å². The molecule has 0 saturated heterocycles. The van der Waals surface area contributed by atoms with Crippen molar-refractivity contribution in [2.45, 2.75) is 45.1 Å². The molecule has 0 aromatic carbocycles. The van der Waals surface area contributed by atoms with Crippen molar-refractivity contribution in [3.63, 3.8) is 0 Å². The van der Waals surface area contributed by atoms with Gasteiger partial charge in [0.15, 0.2) is 0 Å². The molecule has 3 heteroatoms. The van der Waals surface area contributed by atoms with Gasteiger partial charge in [-0.2, -0.15) is 0 Å². The van der Waals surface area contributed by atoms with Crippen LogP contribution in [0.1, 0.15) is 50.8 Å². The predicted octanol–water partition coefficient (Wildman–Crippen LogP) is 3.32. The van der Waals surface area contributed by atoms with E-state index in [-0.39, 0.29) is 0 Å². The molecule has 3 nitrogen and oxygen atoms in total. The predicted molar refractivity (Wildman–Crippen MR) is 73.8 cm³/mol. The van der Waals surface area contributed by atoms with Crippen molar-refractivity contribution in [2.24, 2.45) is 5.92 Å². The molecule has 0 radical (unpaired) electrons. The zero-order valence-electron chi connectivity index (χ0n) is 11.5. The molecule has 100 valence electrons. The molecule has 1 atom stereocenters. The average molecular weight is 248 g/mol. The Balaban J connectivity index is 1.86. The molecular weight excluding hydrogens is 224 g/mol. The molecule has 1 N–H and O–H groups in total. The normalized spacial score (nSPS) is 17.9. The molecule has 0 spiro atoms. The molecule has 1 heterocycles. The minimum absolute atomic E-state index is 0.342. The van der Waals surface area contributed by atoms with Gasteiger partial charge in [-0.15, -0.1) is 0 Å². The largest absolute Gasteiger partial charge is 0.492 e. The summed E-state index contributed by atoms with van der Waals surface area (Å²) in [6.07, 6.45) is 8.28. The number of nitrogens with zero attached hydrogens (tertiary/aromatic N) is 1. The second kappa shape index (κ2) is 6.74. The maximum absolute atomic E-state index is 5.81. The van der Waals surface area contributed by atoms with Gasteiger partial charge < -0.3 is 10.1 Å². The van der Waals surface area contributed by atoms with Gasteiger partial charge in [-0.1, -0.05) is 19.8 Å². The number of ether oxygens (including phenoxy) is 1. The average Bonchev–Trinajstić information content (AvgIpc) is 2.92. The molecular formula is C15H24N2O. The molecule has 1 aromatic rings. The standard InChI is InChI=1S/C15H24N2O/c1-3-14(16-2)15-9-8-13(10-17-15)18-11-12-6-4-5-7-12/h8-10,12,14,16H,3-7,11H2,1-2H3. The van der Waals surface area contributed by atoms with Gasteiger partial charge in [-0.25, -0.2) is 0 Å². The summed E-state index contributed by atoms with van der Waals surface area (Å²) in [5, 5.41) is 3.26. The van der Waals surface area contributed by atoms with Gasteiger partial charge in [0.05, 0.1) is 18.5 Å². The Morgan fingerprint density at radius 2 is 2.17 bits per heavy atom. The van der Waals surface area contributed by atoms with Gasteiger partial charge >= 0.3 is 0 Å². The van der Waals surface area contributed by atoms with Gasteiger partial charge in [0, 0.05) is 6.04 Å². The lowest BCUT2D eigenvalue weighted by Crippen LogP contribution is -2.16. The Morgan fingerprint density at radius 3 is 2.72 bits per heavy atom. The molecule has 1 aliphatic rings. The van der Waals surface area contributed by atoms with Gasteiger partial charge in [-0.05, 0) is 44.4 Å². The quantitative estimate of drug-likeness (QED) is 0.838. The Hall–Kier alpha value is -1.09. The van der Waals surface area contributed by atoms with Crippen LogP contribution in [0.3, 0.4) is 0 Å². The molecule has 0 amide bonds. The Morgan fingerprint density at radius 1 is 1.39 bits per heavy atom. The molecule has 18 heavy (non-hydrogen) atoms. The highest BCUT2D eigenvalue weighted by molar-refractivity contribution is 5.21. The van der Waals surface area contributed by atoms with Gasteiger partial charge in [0.25, 0.3) is 0 Å². The highest BCUT2D eigenvalue weighted by Crippen LogP contribution is 2.25. The number of hydrogen-bond acceptors (Lipinski definition) is 3. The first-order valence-corrected chi connectivity index (χ1v) is 7.09. The lowest BCUT2D eigenvalue weighted by molar-refractivity contribution is 0.251. The lowest BCUT2D eigenvalue weighted by Gasteiger charge is -2.14. The van der Waals surface area contributed by atoms with Crippen LogP contribution in [0.5, 0.6) is 5.75 Å². The Bertz CT molecular complexity index is 340. The summed E-state index contributed by atoms with van der Waals surface area (Å²) in [6, 6.07) is 4.44. The lowest BCUT2D eigenvalue weighted by atomic mass is 10.1. The van der Waals surface area contributed by atoms with Crippen molar-refractivity contribution in [1.29, 1.82) is 0 Å². The molecule has 1 unspecified atom stereocenters. The maximum Gasteiger partial charge on any atom is 0.137 e. The zero-order valence-corrected chi connectivity index (χ0v) is 11.5. The van der Waals surface area contributed by atoms with E-state index in [1.165, 1.54) is 25.7 Å². The minimum atomic E-state index is 0.342. The van der Waals surface area contributed by atoms with Crippen LogP contribution in [0.25, 0.3) is 0 Å². The smallest absolute Gasteiger partial charge is 0.137 e. The second-order valence-corrected chi connectivity index (χ2v) is 5.13. The van der Waals surface area contributed by atoms with E-state index in [1.807, 2.05) is 19.3 Å². The fourth-order valence-electron chi connectivity index (χ4n) is 2.64. The summed E-state index contributed by atoms with van der Waals surface area (Å²) >= 11 is 0. The van der Waals surface area contributed by atoms with Crippen LogP contribution in [-0.4, -0.2) is 18.6 Å². The summed E-state index contributed by atoms with van der Waals surface area (Å²) in [5.74, 6) is 1.65. The van der Waals surface area contributed by atoms with Crippen molar-refractivity contribution >= 4 is 0 Å². The summed E-state index contributed by atoms with van der Waals surface area (Å²) in [5.41, 5.74) is 1.09. The van der Waals surface area contributed by atoms with E-state index in [0.717, 1.165) is 30.4 Å². The van der Waals surface area contributed by atoms with Crippen molar-refractivity contribution in [1.82, 2.24) is 10.3 Å². The molecule has 1 aromatic heterocycles. The third-order valence-corrected chi connectivity index (χ3v) is 3.83. The highest BCUT2D eigenvalue weighted by atomic mass is 16.5. The molecule has 1 aliphatic carbocycles. The summed E-state index contributed by atoms with van der Waals surface area (Å²) < 4.78 is 5.81. The van der Waals surface area contributed by atoms with E-state index < -0.39 is 0 Å². The van der Waals surface area contributed by atoms with Crippen molar-refractivity contribution in [3.8, 4) is 5.75 Å². The summed E-state index contributed by atoms with van der Waals surface area (Å²) in [6.45, 7) is 3.01. The first-order chi connectivity index (χ1) is 8.83. The number of hydrogen-bond donors (Lipinski definition) is 1. The Kier molecular flexibility index (Phi) is 5.00. The van der Waals surface area contributed by atoms with E-state index in [2.05, 4.69) is 23.3 Å². The number of pyridine rings is 1. The van der Waals surface area contributed by atoms with Crippen molar-refractivity contribution < 1.29 is 4.74 Å². The molecule has 2 rings (SSSR count). The minimum Gasteiger partial charge on any atom is -0.492 e. The second-order valence-electron chi connectivity index (χ2n) is 5.13. The topological polar surface area (TPSA) is 34.1 Å². The summed E-state index contributed by atoms with van der Waals surface area (Å²) in [4.78, 5) is 4.48. The highest BCUT2D eigenvalue weighted by Gasteiger charge is 2.15. The van der Waals surface area contributed by atoms with Gasteiger partial charge in [-0.3, -0.25) is 4.98 Å². The van der Waals surface area contributed by atoms with Crippen LogP contribution in [0.15, 0.2) is 18.3 Å². The fraction of sp³-hybridized carbons (Fsp3) is 0.667. The van der Waals surface area contributed by atoms with E-state index in [1.54, 1.807) is 0 Å².